The van der Waals surface area contributed by atoms with Crippen LogP contribution in [-0.2, 0) is 5.75 Å². The Bertz CT molecular complexity index is 678. The van der Waals surface area contributed by atoms with Crippen molar-refractivity contribution in [2.45, 2.75) is 36.2 Å². The fourth-order valence-electron chi connectivity index (χ4n) is 2.07. The SMILES string of the molecule is CC(C)(C)SCCNC(=O)c1ccc(CSc2ccc(Cl)cc2)cc1. The Morgan fingerprint density at radius 3 is 2.28 bits per heavy atom. The summed E-state index contributed by atoms with van der Waals surface area (Å²) < 4.78 is 0.230. The first-order chi connectivity index (χ1) is 11.8. The zero-order chi connectivity index (χ0) is 18.3. The van der Waals surface area contributed by atoms with Gasteiger partial charge in [0, 0.05) is 38.3 Å². The summed E-state index contributed by atoms with van der Waals surface area (Å²) in [7, 11) is 0. The molecule has 0 radical (unpaired) electrons. The van der Waals surface area contributed by atoms with E-state index in [1.165, 1.54) is 10.5 Å². The van der Waals surface area contributed by atoms with Crippen LogP contribution in [0.3, 0.4) is 0 Å². The normalized spacial score (nSPS) is 11.4. The molecular weight excluding hydrogens is 370 g/mol. The van der Waals surface area contributed by atoms with E-state index in [2.05, 4.69) is 26.1 Å². The lowest BCUT2D eigenvalue weighted by atomic mass is 10.1. The fraction of sp³-hybridized carbons (Fsp3) is 0.350. The van der Waals surface area contributed by atoms with Crippen LogP contribution in [0.15, 0.2) is 53.4 Å². The maximum Gasteiger partial charge on any atom is 0.251 e. The molecule has 0 spiro atoms. The third-order valence-electron chi connectivity index (χ3n) is 3.36. The molecule has 0 aliphatic rings. The molecule has 0 saturated carbocycles. The number of hydrogen-bond donors (Lipinski definition) is 1. The summed E-state index contributed by atoms with van der Waals surface area (Å²) in [6.07, 6.45) is 0. The zero-order valence-corrected chi connectivity index (χ0v) is 17.2. The maximum absolute atomic E-state index is 12.2. The van der Waals surface area contributed by atoms with Gasteiger partial charge in [0.1, 0.15) is 0 Å². The van der Waals surface area contributed by atoms with Crippen molar-refractivity contribution in [2.24, 2.45) is 0 Å². The summed E-state index contributed by atoms with van der Waals surface area (Å²) in [5.74, 6) is 1.78. The number of nitrogens with one attached hydrogen (secondary N) is 1. The minimum atomic E-state index is -0.00795. The van der Waals surface area contributed by atoms with E-state index in [0.29, 0.717) is 12.1 Å². The van der Waals surface area contributed by atoms with Crippen LogP contribution < -0.4 is 5.32 Å². The Morgan fingerprint density at radius 1 is 1.04 bits per heavy atom. The van der Waals surface area contributed by atoms with Gasteiger partial charge in [-0.15, -0.1) is 11.8 Å². The van der Waals surface area contributed by atoms with Gasteiger partial charge in [-0.05, 0) is 42.0 Å². The monoisotopic (exact) mass is 393 g/mol. The largest absolute Gasteiger partial charge is 0.351 e. The molecule has 0 heterocycles. The molecule has 0 aliphatic heterocycles. The lowest BCUT2D eigenvalue weighted by Gasteiger charge is -2.17. The van der Waals surface area contributed by atoms with E-state index >= 15 is 0 Å². The predicted molar refractivity (Wildman–Crippen MR) is 112 cm³/mol. The second-order valence-corrected chi connectivity index (χ2v) is 10.1. The molecule has 25 heavy (non-hydrogen) atoms. The van der Waals surface area contributed by atoms with Gasteiger partial charge in [0.2, 0.25) is 0 Å². The van der Waals surface area contributed by atoms with Crippen LogP contribution in [-0.4, -0.2) is 23.0 Å². The lowest BCUT2D eigenvalue weighted by molar-refractivity contribution is 0.0956. The summed E-state index contributed by atoms with van der Waals surface area (Å²) in [6.45, 7) is 7.23. The van der Waals surface area contributed by atoms with E-state index in [9.17, 15) is 4.79 Å². The Morgan fingerprint density at radius 2 is 1.68 bits per heavy atom. The first-order valence-corrected chi connectivity index (χ1v) is 10.6. The van der Waals surface area contributed by atoms with Crippen molar-refractivity contribution >= 4 is 41.0 Å². The van der Waals surface area contributed by atoms with Crippen molar-refractivity contribution in [1.82, 2.24) is 5.32 Å². The average molecular weight is 394 g/mol. The molecule has 0 aromatic heterocycles. The van der Waals surface area contributed by atoms with Crippen LogP contribution in [0, 0.1) is 0 Å². The highest BCUT2D eigenvalue weighted by atomic mass is 35.5. The Labute approximate surface area is 164 Å². The van der Waals surface area contributed by atoms with Crippen molar-refractivity contribution in [1.29, 1.82) is 0 Å². The number of carbonyl (C=O) groups excluding carboxylic acids is 1. The average Bonchev–Trinajstić information content (AvgIpc) is 2.58. The molecule has 2 rings (SSSR count). The molecule has 0 fully saturated rings. The van der Waals surface area contributed by atoms with Crippen LogP contribution in [0.4, 0.5) is 0 Å². The van der Waals surface area contributed by atoms with E-state index in [1.54, 1.807) is 11.8 Å². The number of thioether (sulfide) groups is 2. The molecule has 0 saturated heterocycles. The first-order valence-electron chi connectivity index (χ1n) is 8.23. The molecule has 0 aliphatic carbocycles. The quantitative estimate of drug-likeness (QED) is 0.469. The summed E-state index contributed by atoms with van der Waals surface area (Å²) in [4.78, 5) is 13.3. The molecule has 5 heteroatoms. The standard InChI is InChI=1S/C20H24ClNOS2/c1-20(2,3)25-13-12-22-19(23)16-6-4-15(5-7-16)14-24-18-10-8-17(21)9-11-18/h4-11H,12-14H2,1-3H3,(H,22,23). The third kappa shape index (κ3) is 7.76. The Balaban J connectivity index is 1.78. The van der Waals surface area contributed by atoms with Crippen molar-refractivity contribution in [2.75, 3.05) is 12.3 Å². The molecule has 0 bridgehead atoms. The maximum atomic E-state index is 12.2. The van der Waals surface area contributed by atoms with E-state index in [0.717, 1.165) is 16.5 Å². The van der Waals surface area contributed by atoms with Crippen molar-refractivity contribution in [3.8, 4) is 0 Å². The molecular formula is C20H24ClNOS2. The Hall–Kier alpha value is -1.10. The van der Waals surface area contributed by atoms with Gasteiger partial charge in [-0.2, -0.15) is 11.8 Å². The van der Waals surface area contributed by atoms with Gasteiger partial charge in [-0.25, -0.2) is 0 Å². The van der Waals surface area contributed by atoms with Gasteiger partial charge >= 0.3 is 0 Å². The van der Waals surface area contributed by atoms with Crippen LogP contribution in [0.5, 0.6) is 0 Å². The van der Waals surface area contributed by atoms with Gasteiger partial charge in [0.15, 0.2) is 0 Å². The van der Waals surface area contributed by atoms with Crippen molar-refractivity contribution in [3.05, 3.63) is 64.7 Å². The molecule has 2 aromatic rings. The van der Waals surface area contributed by atoms with E-state index in [-0.39, 0.29) is 10.7 Å². The van der Waals surface area contributed by atoms with Gasteiger partial charge in [0.05, 0.1) is 0 Å². The molecule has 2 aromatic carbocycles. The van der Waals surface area contributed by atoms with Crippen LogP contribution in [0.25, 0.3) is 0 Å². The van der Waals surface area contributed by atoms with Crippen LogP contribution >= 0.6 is 35.1 Å². The van der Waals surface area contributed by atoms with E-state index < -0.39 is 0 Å². The van der Waals surface area contributed by atoms with Crippen LogP contribution in [0.2, 0.25) is 5.02 Å². The number of rotatable bonds is 7. The molecule has 0 atom stereocenters. The summed E-state index contributed by atoms with van der Waals surface area (Å²) >= 11 is 9.50. The zero-order valence-electron chi connectivity index (χ0n) is 14.8. The second-order valence-electron chi connectivity index (χ2n) is 6.66. The molecule has 134 valence electrons. The minimum absolute atomic E-state index is 0.00795. The lowest BCUT2D eigenvalue weighted by Crippen LogP contribution is -2.26. The number of carbonyl (C=O) groups is 1. The smallest absolute Gasteiger partial charge is 0.251 e. The topological polar surface area (TPSA) is 29.1 Å². The number of hydrogen-bond acceptors (Lipinski definition) is 3. The number of benzene rings is 2. The number of amides is 1. The number of halogens is 1. The van der Waals surface area contributed by atoms with Gasteiger partial charge < -0.3 is 5.32 Å². The van der Waals surface area contributed by atoms with Crippen LogP contribution in [0.1, 0.15) is 36.7 Å². The van der Waals surface area contributed by atoms with Crippen molar-refractivity contribution < 1.29 is 4.79 Å². The van der Waals surface area contributed by atoms with E-state index in [4.69, 9.17) is 11.6 Å². The second kappa shape index (κ2) is 9.56. The molecule has 2 nitrogen and oxygen atoms in total. The van der Waals surface area contributed by atoms with Gasteiger partial charge in [-0.1, -0.05) is 44.5 Å². The minimum Gasteiger partial charge on any atom is -0.351 e. The highest BCUT2D eigenvalue weighted by Crippen LogP contribution is 2.24. The summed E-state index contributed by atoms with van der Waals surface area (Å²) in [6, 6.07) is 15.6. The fourth-order valence-corrected chi connectivity index (χ4v) is 3.87. The van der Waals surface area contributed by atoms with Gasteiger partial charge in [0.25, 0.3) is 5.91 Å². The van der Waals surface area contributed by atoms with Crippen molar-refractivity contribution in [3.63, 3.8) is 0 Å². The molecule has 0 unspecified atom stereocenters. The summed E-state index contributed by atoms with van der Waals surface area (Å²) in [5.41, 5.74) is 1.90. The molecule has 1 amide bonds. The highest BCUT2D eigenvalue weighted by Gasteiger charge is 2.10. The van der Waals surface area contributed by atoms with E-state index in [1.807, 2.05) is 60.3 Å². The predicted octanol–water partition coefficient (Wildman–Crippen LogP) is 5.89. The highest BCUT2D eigenvalue weighted by molar-refractivity contribution is 8.00. The molecule has 1 N–H and O–H groups in total. The Kier molecular flexibility index (Phi) is 7.73. The first kappa shape index (κ1) is 20.2. The van der Waals surface area contributed by atoms with Gasteiger partial charge in [-0.3, -0.25) is 4.79 Å². The summed E-state index contributed by atoms with van der Waals surface area (Å²) in [5, 5.41) is 3.73. The third-order valence-corrected chi connectivity index (χ3v) is 5.97.